The average molecular weight is 301 g/mol. The Morgan fingerprint density at radius 1 is 0.826 bits per heavy atom. The zero-order valence-electron chi connectivity index (χ0n) is 13.6. The van der Waals surface area contributed by atoms with E-state index in [2.05, 4.69) is 67.4 Å². The van der Waals surface area contributed by atoms with Crippen LogP contribution in [0.25, 0.3) is 0 Å². The molecule has 0 radical (unpaired) electrons. The summed E-state index contributed by atoms with van der Waals surface area (Å²) in [6, 6.07) is 22.9. The van der Waals surface area contributed by atoms with Crippen LogP contribution < -0.4 is 10.9 Å². The van der Waals surface area contributed by atoms with Gasteiger partial charge in [0.2, 0.25) is 0 Å². The Morgan fingerprint density at radius 2 is 1.48 bits per heavy atom. The zero-order chi connectivity index (χ0) is 16.1. The van der Waals surface area contributed by atoms with E-state index in [1.807, 2.05) is 18.2 Å². The van der Waals surface area contributed by atoms with Crippen LogP contribution in [-0.2, 0) is 11.3 Å². The highest BCUT2D eigenvalue weighted by atomic mass is 16.4. The van der Waals surface area contributed by atoms with Gasteiger partial charge in [-0.25, -0.2) is 0 Å². The van der Waals surface area contributed by atoms with Crippen LogP contribution in [0.15, 0.2) is 72.9 Å². The lowest BCUT2D eigenvalue weighted by molar-refractivity contribution is 0.316. The third-order valence-corrected chi connectivity index (χ3v) is 3.81. The minimum atomic E-state index is -0.0863. The third-order valence-electron chi connectivity index (χ3n) is 3.81. The summed E-state index contributed by atoms with van der Waals surface area (Å²) >= 11 is 0. The lowest BCUT2D eigenvalue weighted by Gasteiger charge is -2.16. The van der Waals surface area contributed by atoms with Crippen LogP contribution in [0.1, 0.15) is 16.8 Å². The normalized spacial score (nSPS) is 10.5. The van der Waals surface area contributed by atoms with Crippen molar-refractivity contribution in [1.29, 1.82) is 0 Å². The van der Waals surface area contributed by atoms with Gasteiger partial charge in [-0.1, -0.05) is 65.7 Å². The SMILES string of the molecule is Cc1cccc(B(OCc2ccccn2)c2cccc(C)c2)c1. The van der Waals surface area contributed by atoms with Crippen molar-refractivity contribution in [3.63, 3.8) is 0 Å². The summed E-state index contributed by atoms with van der Waals surface area (Å²) in [6.07, 6.45) is 1.80. The number of nitrogens with zero attached hydrogens (tertiary/aromatic N) is 1. The average Bonchev–Trinajstić information content (AvgIpc) is 2.56. The Morgan fingerprint density at radius 3 is 2.00 bits per heavy atom. The van der Waals surface area contributed by atoms with E-state index in [4.69, 9.17) is 4.65 Å². The summed E-state index contributed by atoms with van der Waals surface area (Å²) in [5.74, 6) is 0. The maximum atomic E-state index is 6.25. The molecule has 0 saturated heterocycles. The minimum Gasteiger partial charge on any atom is -0.421 e. The van der Waals surface area contributed by atoms with E-state index in [0.717, 1.165) is 5.69 Å². The number of rotatable bonds is 5. The fourth-order valence-electron chi connectivity index (χ4n) is 2.70. The number of aromatic nitrogens is 1. The number of benzene rings is 2. The molecular formula is C20H20BNO. The largest absolute Gasteiger partial charge is 0.421 e. The molecule has 0 aliphatic rings. The molecule has 3 rings (SSSR count). The van der Waals surface area contributed by atoms with E-state index in [1.54, 1.807) is 6.20 Å². The first-order chi connectivity index (χ1) is 11.2. The summed E-state index contributed by atoms with van der Waals surface area (Å²) in [5, 5.41) is 0. The van der Waals surface area contributed by atoms with Crippen molar-refractivity contribution in [2.45, 2.75) is 20.5 Å². The number of aryl methyl sites for hydroxylation is 2. The molecule has 0 aliphatic heterocycles. The molecule has 0 atom stereocenters. The van der Waals surface area contributed by atoms with E-state index in [1.165, 1.54) is 22.1 Å². The van der Waals surface area contributed by atoms with E-state index in [0.29, 0.717) is 6.61 Å². The third kappa shape index (κ3) is 4.08. The second kappa shape index (κ2) is 7.25. The van der Waals surface area contributed by atoms with Gasteiger partial charge in [0.1, 0.15) is 0 Å². The van der Waals surface area contributed by atoms with Gasteiger partial charge in [0, 0.05) is 6.20 Å². The highest BCUT2D eigenvalue weighted by molar-refractivity contribution is 6.80. The molecule has 2 aromatic carbocycles. The first-order valence-electron chi connectivity index (χ1n) is 7.87. The van der Waals surface area contributed by atoms with Gasteiger partial charge >= 0.3 is 6.92 Å². The van der Waals surface area contributed by atoms with Crippen LogP contribution in [0.4, 0.5) is 0 Å². The molecule has 0 fully saturated rings. The first-order valence-corrected chi connectivity index (χ1v) is 7.87. The zero-order valence-corrected chi connectivity index (χ0v) is 13.6. The smallest absolute Gasteiger partial charge is 0.361 e. The quantitative estimate of drug-likeness (QED) is 0.676. The van der Waals surface area contributed by atoms with Crippen LogP contribution in [0.2, 0.25) is 0 Å². The van der Waals surface area contributed by atoms with Crippen LogP contribution >= 0.6 is 0 Å². The number of hydrogen-bond donors (Lipinski definition) is 0. The van der Waals surface area contributed by atoms with Crippen molar-refractivity contribution in [3.05, 3.63) is 89.7 Å². The van der Waals surface area contributed by atoms with Crippen molar-refractivity contribution in [1.82, 2.24) is 4.98 Å². The van der Waals surface area contributed by atoms with Gasteiger partial charge in [0.05, 0.1) is 12.3 Å². The van der Waals surface area contributed by atoms with Crippen molar-refractivity contribution < 1.29 is 4.65 Å². The van der Waals surface area contributed by atoms with Gasteiger partial charge in [0.15, 0.2) is 0 Å². The molecule has 0 saturated carbocycles. The van der Waals surface area contributed by atoms with Gasteiger partial charge in [-0.2, -0.15) is 0 Å². The van der Waals surface area contributed by atoms with Crippen molar-refractivity contribution in [2.24, 2.45) is 0 Å². The molecule has 0 amide bonds. The topological polar surface area (TPSA) is 22.1 Å². The van der Waals surface area contributed by atoms with Gasteiger partial charge in [0.25, 0.3) is 0 Å². The van der Waals surface area contributed by atoms with Gasteiger partial charge in [-0.05, 0) is 36.9 Å². The number of hydrogen-bond acceptors (Lipinski definition) is 2. The van der Waals surface area contributed by atoms with Crippen LogP contribution in [0.5, 0.6) is 0 Å². The highest BCUT2D eigenvalue weighted by Crippen LogP contribution is 2.04. The first kappa shape index (κ1) is 15.5. The second-order valence-electron chi connectivity index (χ2n) is 5.84. The van der Waals surface area contributed by atoms with E-state index < -0.39 is 0 Å². The summed E-state index contributed by atoms with van der Waals surface area (Å²) in [5.41, 5.74) is 5.76. The molecule has 114 valence electrons. The fourth-order valence-corrected chi connectivity index (χ4v) is 2.70. The summed E-state index contributed by atoms with van der Waals surface area (Å²) in [7, 11) is 0. The maximum Gasteiger partial charge on any atom is 0.361 e. The molecule has 0 bridgehead atoms. The summed E-state index contributed by atoms with van der Waals surface area (Å²) < 4.78 is 6.25. The van der Waals surface area contributed by atoms with Gasteiger partial charge in [-0.3, -0.25) is 4.98 Å². The summed E-state index contributed by atoms with van der Waals surface area (Å²) in [4.78, 5) is 4.35. The van der Waals surface area contributed by atoms with Crippen LogP contribution in [0, 0.1) is 13.8 Å². The van der Waals surface area contributed by atoms with Crippen LogP contribution in [-0.4, -0.2) is 11.9 Å². The molecule has 23 heavy (non-hydrogen) atoms. The molecule has 2 nitrogen and oxygen atoms in total. The Labute approximate surface area is 138 Å². The standard InChI is InChI=1S/C20H20BNO/c1-16-7-5-9-18(13-16)21(19-10-6-8-17(2)14-19)23-15-20-11-3-4-12-22-20/h3-14H,15H2,1-2H3. The fraction of sp³-hybridized carbons (Fsp3) is 0.150. The highest BCUT2D eigenvalue weighted by Gasteiger charge is 2.21. The molecule has 3 aromatic rings. The lowest BCUT2D eigenvalue weighted by atomic mass is 9.55. The molecule has 1 aromatic heterocycles. The number of pyridine rings is 1. The molecule has 0 spiro atoms. The Hall–Kier alpha value is -2.39. The summed E-state index contributed by atoms with van der Waals surface area (Å²) in [6.45, 7) is 4.62. The van der Waals surface area contributed by atoms with E-state index in [9.17, 15) is 0 Å². The van der Waals surface area contributed by atoms with E-state index >= 15 is 0 Å². The molecule has 3 heteroatoms. The van der Waals surface area contributed by atoms with Crippen molar-refractivity contribution in [3.8, 4) is 0 Å². The molecule has 1 heterocycles. The second-order valence-corrected chi connectivity index (χ2v) is 5.84. The Kier molecular flexibility index (Phi) is 4.89. The molecule has 0 aliphatic carbocycles. The minimum absolute atomic E-state index is 0.0863. The Bertz CT molecular complexity index is 728. The predicted octanol–water partition coefficient (Wildman–Crippen LogP) is 3.02. The molecule has 0 N–H and O–H groups in total. The molecule has 0 unspecified atom stereocenters. The lowest BCUT2D eigenvalue weighted by Crippen LogP contribution is -2.45. The monoisotopic (exact) mass is 301 g/mol. The van der Waals surface area contributed by atoms with Crippen molar-refractivity contribution in [2.75, 3.05) is 0 Å². The van der Waals surface area contributed by atoms with E-state index in [-0.39, 0.29) is 6.92 Å². The predicted molar refractivity (Wildman–Crippen MR) is 96.4 cm³/mol. The van der Waals surface area contributed by atoms with Crippen LogP contribution in [0.3, 0.4) is 0 Å². The maximum absolute atomic E-state index is 6.25. The molecular weight excluding hydrogens is 281 g/mol. The Balaban J connectivity index is 1.90. The van der Waals surface area contributed by atoms with Gasteiger partial charge in [-0.15, -0.1) is 0 Å². The van der Waals surface area contributed by atoms with Gasteiger partial charge < -0.3 is 4.65 Å². The van der Waals surface area contributed by atoms with Crippen molar-refractivity contribution >= 4 is 17.8 Å².